The van der Waals surface area contributed by atoms with Gasteiger partial charge >= 0.3 is 0 Å². The van der Waals surface area contributed by atoms with Crippen molar-refractivity contribution in [1.29, 1.82) is 0 Å². The van der Waals surface area contributed by atoms with Gasteiger partial charge in [0.05, 0.1) is 5.52 Å². The second-order valence-electron chi connectivity index (χ2n) is 2.64. The first-order valence-corrected chi connectivity index (χ1v) is 3.68. The Kier molecular flexibility index (Phi) is 5.21. The van der Waals surface area contributed by atoms with E-state index in [1.165, 1.54) is 10.9 Å². The normalized spacial score (nSPS) is 8.69. The Morgan fingerprint density at radius 1 is 1.08 bits per heavy atom. The largest absolute Gasteiger partial charge is 0.256 e. The molecule has 0 aliphatic heterocycles. The van der Waals surface area contributed by atoms with E-state index < -0.39 is 0 Å². The number of hydrogen-bond acceptors (Lipinski definition) is 1. The molecule has 3 heteroatoms. The molecule has 0 aliphatic carbocycles. The molecule has 1 aromatic heterocycles. The van der Waals surface area contributed by atoms with Crippen LogP contribution in [-0.2, 0) is 0 Å². The Morgan fingerprint density at radius 2 is 1.85 bits per heavy atom. The molecule has 0 unspecified atom stereocenters. The fourth-order valence-corrected chi connectivity index (χ4v) is 1.26. The molecule has 0 spiro atoms. The third-order valence-electron chi connectivity index (χ3n) is 1.86. The molecule has 1 nitrogen and oxygen atoms in total. The van der Waals surface area contributed by atoms with Gasteiger partial charge in [0, 0.05) is 31.4 Å². The summed E-state index contributed by atoms with van der Waals surface area (Å²) in [6, 6.07) is 10.2. The predicted octanol–water partition coefficient (Wildman–Crippen LogP) is 2.28. The van der Waals surface area contributed by atoms with Crippen LogP contribution >= 0.6 is 13.5 Å². The van der Waals surface area contributed by atoms with Gasteiger partial charge in [0.1, 0.15) is 0 Å². The standard InChI is InChI=1S/C10H9N.Ga.H2S/c1-8-4-2-6-10-9(8)5-3-7-11-10;;/h2-7H,1H3;;1H2. The van der Waals surface area contributed by atoms with Crippen molar-refractivity contribution in [2.45, 2.75) is 6.92 Å². The van der Waals surface area contributed by atoms with Crippen molar-refractivity contribution in [2.75, 3.05) is 0 Å². The van der Waals surface area contributed by atoms with Gasteiger partial charge in [0.25, 0.3) is 0 Å². The van der Waals surface area contributed by atoms with E-state index in [1.807, 2.05) is 24.4 Å². The zero-order valence-electron chi connectivity index (χ0n) is 7.49. The van der Waals surface area contributed by atoms with Crippen LogP contribution in [-0.4, -0.2) is 24.8 Å². The minimum absolute atomic E-state index is 0. The van der Waals surface area contributed by atoms with Crippen LogP contribution in [0.2, 0.25) is 0 Å². The van der Waals surface area contributed by atoms with Crippen LogP contribution in [0.25, 0.3) is 10.9 Å². The Morgan fingerprint density at radius 3 is 2.54 bits per heavy atom. The van der Waals surface area contributed by atoms with Gasteiger partial charge in [-0.05, 0) is 24.6 Å². The third-order valence-corrected chi connectivity index (χ3v) is 1.86. The first-order valence-electron chi connectivity index (χ1n) is 3.68. The molecule has 0 saturated heterocycles. The summed E-state index contributed by atoms with van der Waals surface area (Å²) >= 11 is 0. The van der Waals surface area contributed by atoms with Crippen molar-refractivity contribution < 1.29 is 0 Å². The smallest absolute Gasteiger partial charge is 0.0704 e. The molecular weight excluding hydrogens is 236 g/mol. The molecule has 0 fully saturated rings. The van der Waals surface area contributed by atoms with E-state index >= 15 is 0 Å². The van der Waals surface area contributed by atoms with Crippen LogP contribution in [0.1, 0.15) is 5.56 Å². The molecule has 65 valence electrons. The van der Waals surface area contributed by atoms with Gasteiger partial charge in [-0.15, -0.1) is 0 Å². The first kappa shape index (κ1) is 12.6. The van der Waals surface area contributed by atoms with E-state index in [0.29, 0.717) is 0 Å². The first-order chi connectivity index (χ1) is 5.38. The minimum Gasteiger partial charge on any atom is -0.256 e. The molecule has 2 rings (SSSR count). The molecule has 0 atom stereocenters. The van der Waals surface area contributed by atoms with Gasteiger partial charge in [0.15, 0.2) is 0 Å². The quantitative estimate of drug-likeness (QED) is 0.651. The van der Waals surface area contributed by atoms with E-state index in [1.54, 1.807) is 0 Å². The number of aryl methyl sites for hydroxylation is 1. The van der Waals surface area contributed by atoms with Gasteiger partial charge in [-0.3, -0.25) is 4.98 Å². The predicted molar refractivity (Wildman–Crippen MR) is 62.6 cm³/mol. The van der Waals surface area contributed by atoms with E-state index in [9.17, 15) is 0 Å². The van der Waals surface area contributed by atoms with E-state index in [-0.39, 0.29) is 33.3 Å². The summed E-state index contributed by atoms with van der Waals surface area (Å²) in [5, 5.41) is 1.25. The molecular formula is C10H11GaNS. The molecule has 0 N–H and O–H groups in total. The van der Waals surface area contributed by atoms with Crippen molar-refractivity contribution >= 4 is 44.2 Å². The van der Waals surface area contributed by atoms with Crippen molar-refractivity contribution in [3.63, 3.8) is 0 Å². The van der Waals surface area contributed by atoms with Crippen LogP contribution in [0.5, 0.6) is 0 Å². The molecule has 0 bridgehead atoms. The number of aromatic nitrogens is 1. The maximum absolute atomic E-state index is 4.24. The second-order valence-corrected chi connectivity index (χ2v) is 2.64. The van der Waals surface area contributed by atoms with Gasteiger partial charge < -0.3 is 0 Å². The summed E-state index contributed by atoms with van der Waals surface area (Å²) in [7, 11) is 0. The summed E-state index contributed by atoms with van der Waals surface area (Å²) in [4.78, 5) is 4.24. The maximum atomic E-state index is 4.24. The molecule has 1 heterocycles. The summed E-state index contributed by atoms with van der Waals surface area (Å²) < 4.78 is 0. The Bertz CT molecular complexity index is 384. The summed E-state index contributed by atoms with van der Waals surface area (Å²) in [6.07, 6.45) is 1.82. The zero-order valence-corrected chi connectivity index (χ0v) is 10.9. The van der Waals surface area contributed by atoms with E-state index in [2.05, 4.69) is 24.0 Å². The Hall–Kier alpha value is -0.384. The number of fused-ring (bicyclic) bond motifs is 1. The molecule has 0 aliphatic rings. The minimum atomic E-state index is 0. The van der Waals surface area contributed by atoms with Crippen LogP contribution in [0.3, 0.4) is 0 Å². The zero-order chi connectivity index (χ0) is 7.68. The van der Waals surface area contributed by atoms with E-state index in [4.69, 9.17) is 0 Å². The molecule has 13 heavy (non-hydrogen) atoms. The van der Waals surface area contributed by atoms with Crippen molar-refractivity contribution in [3.05, 3.63) is 42.1 Å². The van der Waals surface area contributed by atoms with Crippen molar-refractivity contribution in [3.8, 4) is 0 Å². The van der Waals surface area contributed by atoms with Crippen LogP contribution in [0.15, 0.2) is 36.5 Å². The summed E-state index contributed by atoms with van der Waals surface area (Å²) in [5.41, 5.74) is 2.36. The SMILES string of the molecule is Cc1cccc2ncccc12.S.[Ga]. The molecule has 3 radical (unpaired) electrons. The van der Waals surface area contributed by atoms with Crippen LogP contribution in [0.4, 0.5) is 0 Å². The summed E-state index contributed by atoms with van der Waals surface area (Å²) in [6.45, 7) is 2.10. The number of pyridine rings is 1. The average molecular weight is 247 g/mol. The molecule has 0 amide bonds. The maximum Gasteiger partial charge on any atom is 0.0704 e. The Balaban J connectivity index is 0.000000720. The topological polar surface area (TPSA) is 12.9 Å². The molecule has 0 saturated carbocycles. The fourth-order valence-electron chi connectivity index (χ4n) is 1.26. The van der Waals surface area contributed by atoms with Gasteiger partial charge in [-0.1, -0.05) is 18.2 Å². The average Bonchev–Trinajstić information content (AvgIpc) is 2.06. The van der Waals surface area contributed by atoms with Crippen LogP contribution in [0, 0.1) is 6.92 Å². The van der Waals surface area contributed by atoms with Gasteiger partial charge in [0.2, 0.25) is 0 Å². The number of hydrogen-bond donors (Lipinski definition) is 0. The number of nitrogens with zero attached hydrogens (tertiary/aromatic N) is 1. The molecule has 1 aromatic carbocycles. The Labute approximate surface area is 98.1 Å². The van der Waals surface area contributed by atoms with Crippen LogP contribution < -0.4 is 0 Å². The number of rotatable bonds is 0. The number of benzene rings is 1. The molecule has 2 aromatic rings. The van der Waals surface area contributed by atoms with Gasteiger partial charge in [-0.2, -0.15) is 13.5 Å². The fraction of sp³-hybridized carbons (Fsp3) is 0.100. The van der Waals surface area contributed by atoms with Gasteiger partial charge in [-0.25, -0.2) is 0 Å². The monoisotopic (exact) mass is 246 g/mol. The van der Waals surface area contributed by atoms with Crippen molar-refractivity contribution in [1.82, 2.24) is 4.98 Å². The van der Waals surface area contributed by atoms with Crippen molar-refractivity contribution in [2.24, 2.45) is 0 Å². The summed E-state index contributed by atoms with van der Waals surface area (Å²) in [5.74, 6) is 0. The third kappa shape index (κ3) is 2.53. The van der Waals surface area contributed by atoms with E-state index in [0.717, 1.165) is 5.52 Å². The second kappa shape index (κ2) is 5.37.